The zero-order chi connectivity index (χ0) is 19.7. The van der Waals surface area contributed by atoms with Gasteiger partial charge in [0.25, 0.3) is 0 Å². The van der Waals surface area contributed by atoms with E-state index in [2.05, 4.69) is 0 Å². The summed E-state index contributed by atoms with van der Waals surface area (Å²) in [5.41, 5.74) is 10.1. The number of likely N-dealkylation sites (N-methyl/N-ethyl adjacent to an activating group) is 1. The van der Waals surface area contributed by atoms with Crippen LogP contribution in [0.25, 0.3) is 22.2 Å². The molecule has 0 unspecified atom stereocenters. The van der Waals surface area contributed by atoms with Crippen LogP contribution in [0.2, 0.25) is 0 Å². The number of hydrogen-bond donors (Lipinski definition) is 1. The molecule has 1 aromatic heterocycles. The number of nitrogens with zero attached hydrogens (tertiary/aromatic N) is 2. The van der Waals surface area contributed by atoms with Crippen molar-refractivity contribution in [2.24, 2.45) is 0 Å². The Labute approximate surface area is 173 Å². The van der Waals surface area contributed by atoms with Crippen molar-refractivity contribution in [2.45, 2.75) is 6.54 Å². The third-order valence-corrected chi connectivity index (χ3v) is 4.72. The summed E-state index contributed by atoms with van der Waals surface area (Å²) in [5.74, 6) is -0.770. The fourth-order valence-corrected chi connectivity index (χ4v) is 3.10. The number of benzene rings is 3. The maximum atomic E-state index is 12.7. The van der Waals surface area contributed by atoms with Crippen LogP contribution in [0.4, 0.5) is 11.4 Å². The minimum Gasteiger partial charge on any atom is -0.408 e. The molecule has 3 aromatic carbocycles. The van der Waals surface area contributed by atoms with Crippen LogP contribution in [0.5, 0.6) is 0 Å². The van der Waals surface area contributed by atoms with E-state index in [0.717, 1.165) is 16.8 Å². The second-order valence-corrected chi connectivity index (χ2v) is 6.55. The molecule has 0 fully saturated rings. The Kier molecular flexibility index (Phi) is 5.75. The number of anilines is 2. The minimum atomic E-state index is -0.556. The number of amides is 1. The lowest BCUT2D eigenvalue weighted by Gasteiger charge is -2.17. The molecule has 4 aromatic rings. The molecule has 4 rings (SSSR count). The average molecular weight is 410 g/mol. The van der Waals surface area contributed by atoms with Crippen molar-refractivity contribution in [1.29, 1.82) is 0 Å². The lowest BCUT2D eigenvalue weighted by Crippen LogP contribution is -2.32. The molecule has 0 atom stereocenters. The van der Waals surface area contributed by atoms with Gasteiger partial charge in [-0.3, -0.25) is 9.36 Å². The summed E-state index contributed by atoms with van der Waals surface area (Å²) in [6, 6.07) is 22.2. The molecule has 148 valence electrons. The van der Waals surface area contributed by atoms with Gasteiger partial charge in [-0.2, -0.15) is 0 Å². The Hall–Kier alpha value is -3.51. The Bertz CT molecular complexity index is 1200. The molecule has 0 saturated heterocycles. The smallest absolute Gasteiger partial charge is 0.408 e. The van der Waals surface area contributed by atoms with Crippen molar-refractivity contribution in [3.8, 4) is 11.1 Å². The number of para-hydroxylation sites is 1. The Balaban J connectivity index is 0.00000240. The number of oxazole rings is 1. The molecule has 1 amide bonds. The SMILES string of the molecule is CN(C(=O)Cn1c(=O)oc2ccc(-c3ccc(N)cc3)cc21)c1ccccc1.Cl. The van der Waals surface area contributed by atoms with Crippen LogP contribution in [0.3, 0.4) is 0 Å². The standard InChI is InChI=1S/C22H19N3O3.ClH/c1-24(18-5-3-2-4-6-18)21(26)14-25-19-13-16(9-12-20(19)28-22(25)27)15-7-10-17(23)11-8-15;/h2-13H,14,23H2,1H3;1H. The van der Waals surface area contributed by atoms with Gasteiger partial charge >= 0.3 is 5.76 Å². The van der Waals surface area contributed by atoms with E-state index >= 15 is 0 Å². The maximum Gasteiger partial charge on any atom is 0.420 e. The number of fused-ring (bicyclic) bond motifs is 1. The second kappa shape index (κ2) is 8.24. The van der Waals surface area contributed by atoms with E-state index in [1.807, 2.05) is 66.7 Å². The van der Waals surface area contributed by atoms with Gasteiger partial charge in [0.15, 0.2) is 5.58 Å². The first-order valence-electron chi connectivity index (χ1n) is 8.84. The molecular weight excluding hydrogens is 390 g/mol. The van der Waals surface area contributed by atoms with E-state index in [9.17, 15) is 9.59 Å². The summed E-state index contributed by atoms with van der Waals surface area (Å²) in [4.78, 5) is 26.6. The Morgan fingerprint density at radius 2 is 1.66 bits per heavy atom. The predicted molar refractivity (Wildman–Crippen MR) is 117 cm³/mol. The number of carbonyl (C=O) groups excluding carboxylic acids is 1. The summed E-state index contributed by atoms with van der Waals surface area (Å²) in [6.45, 7) is -0.109. The summed E-state index contributed by atoms with van der Waals surface area (Å²) < 4.78 is 6.67. The third-order valence-electron chi connectivity index (χ3n) is 4.72. The quantitative estimate of drug-likeness (QED) is 0.518. The number of aromatic nitrogens is 1. The van der Waals surface area contributed by atoms with E-state index < -0.39 is 5.76 Å². The second-order valence-electron chi connectivity index (χ2n) is 6.55. The molecule has 6 nitrogen and oxygen atoms in total. The normalized spacial score (nSPS) is 10.5. The number of nitrogen functional groups attached to an aromatic ring is 1. The predicted octanol–water partition coefficient (Wildman–Crippen LogP) is 3.93. The van der Waals surface area contributed by atoms with Gasteiger partial charge in [-0.1, -0.05) is 36.4 Å². The van der Waals surface area contributed by atoms with Crippen LogP contribution in [0, 0.1) is 0 Å². The van der Waals surface area contributed by atoms with Crippen molar-refractivity contribution >= 4 is 40.8 Å². The molecule has 0 aliphatic heterocycles. The van der Waals surface area contributed by atoms with Crippen LogP contribution in [0.15, 0.2) is 82.0 Å². The van der Waals surface area contributed by atoms with Crippen molar-refractivity contribution in [1.82, 2.24) is 4.57 Å². The van der Waals surface area contributed by atoms with Crippen LogP contribution < -0.4 is 16.4 Å². The van der Waals surface area contributed by atoms with Gasteiger partial charge in [-0.15, -0.1) is 12.4 Å². The zero-order valence-electron chi connectivity index (χ0n) is 15.7. The topological polar surface area (TPSA) is 81.5 Å². The number of hydrogen-bond acceptors (Lipinski definition) is 4. The number of halogens is 1. The lowest BCUT2D eigenvalue weighted by molar-refractivity contribution is -0.118. The van der Waals surface area contributed by atoms with Crippen molar-refractivity contribution in [3.05, 3.63) is 83.3 Å². The summed E-state index contributed by atoms with van der Waals surface area (Å²) in [5, 5.41) is 0. The summed E-state index contributed by atoms with van der Waals surface area (Å²) in [6.07, 6.45) is 0. The zero-order valence-corrected chi connectivity index (χ0v) is 16.6. The van der Waals surface area contributed by atoms with Crippen LogP contribution in [-0.4, -0.2) is 17.5 Å². The van der Waals surface area contributed by atoms with E-state index in [4.69, 9.17) is 10.2 Å². The summed E-state index contributed by atoms with van der Waals surface area (Å²) in [7, 11) is 1.69. The van der Waals surface area contributed by atoms with Gasteiger partial charge in [-0.25, -0.2) is 4.79 Å². The molecule has 7 heteroatoms. The lowest BCUT2D eigenvalue weighted by atomic mass is 10.0. The highest BCUT2D eigenvalue weighted by molar-refractivity contribution is 5.93. The Morgan fingerprint density at radius 1 is 1.00 bits per heavy atom. The molecule has 0 aliphatic carbocycles. The van der Waals surface area contributed by atoms with Crippen molar-refractivity contribution in [2.75, 3.05) is 17.7 Å². The highest BCUT2D eigenvalue weighted by Gasteiger charge is 2.17. The number of nitrogens with two attached hydrogens (primary N) is 1. The highest BCUT2D eigenvalue weighted by Crippen LogP contribution is 2.25. The molecule has 1 heterocycles. The Morgan fingerprint density at radius 3 is 2.34 bits per heavy atom. The van der Waals surface area contributed by atoms with Gasteiger partial charge in [-0.05, 0) is 47.5 Å². The van der Waals surface area contributed by atoms with E-state index in [1.54, 1.807) is 13.1 Å². The van der Waals surface area contributed by atoms with Crippen LogP contribution in [-0.2, 0) is 11.3 Å². The van der Waals surface area contributed by atoms with Gasteiger partial charge in [0, 0.05) is 18.4 Å². The average Bonchev–Trinajstić information content (AvgIpc) is 3.03. The monoisotopic (exact) mass is 409 g/mol. The highest BCUT2D eigenvalue weighted by atomic mass is 35.5. The summed E-state index contributed by atoms with van der Waals surface area (Å²) >= 11 is 0. The van der Waals surface area contributed by atoms with Gasteiger partial charge in [0.2, 0.25) is 5.91 Å². The van der Waals surface area contributed by atoms with Crippen LogP contribution in [0.1, 0.15) is 0 Å². The van der Waals surface area contributed by atoms with Gasteiger partial charge < -0.3 is 15.1 Å². The third kappa shape index (κ3) is 4.02. The number of carbonyl (C=O) groups is 1. The molecule has 0 radical (unpaired) electrons. The van der Waals surface area contributed by atoms with E-state index in [-0.39, 0.29) is 24.9 Å². The molecule has 29 heavy (non-hydrogen) atoms. The molecule has 2 N–H and O–H groups in total. The van der Waals surface area contributed by atoms with Crippen LogP contribution >= 0.6 is 12.4 Å². The molecular formula is C22H20ClN3O3. The first kappa shape index (κ1) is 20.2. The van der Waals surface area contributed by atoms with E-state index in [1.165, 1.54) is 9.47 Å². The van der Waals surface area contributed by atoms with Crippen molar-refractivity contribution in [3.63, 3.8) is 0 Å². The minimum absolute atomic E-state index is 0. The number of rotatable bonds is 4. The molecule has 0 saturated carbocycles. The van der Waals surface area contributed by atoms with E-state index in [0.29, 0.717) is 16.8 Å². The fraction of sp³-hybridized carbons (Fsp3) is 0.0909. The van der Waals surface area contributed by atoms with Crippen molar-refractivity contribution < 1.29 is 9.21 Å². The van der Waals surface area contributed by atoms with Gasteiger partial charge in [0.1, 0.15) is 6.54 Å². The first-order valence-corrected chi connectivity index (χ1v) is 8.84. The fourth-order valence-electron chi connectivity index (χ4n) is 3.10. The molecule has 0 bridgehead atoms. The first-order chi connectivity index (χ1) is 13.5. The largest absolute Gasteiger partial charge is 0.420 e. The maximum absolute atomic E-state index is 12.7. The van der Waals surface area contributed by atoms with Gasteiger partial charge in [0.05, 0.1) is 5.52 Å². The molecule has 0 aliphatic rings. The molecule has 0 spiro atoms.